The highest BCUT2D eigenvalue weighted by atomic mass is 35.5. The smallest absolute Gasteiger partial charge is 0.116 e. The highest BCUT2D eigenvalue weighted by Gasteiger charge is 2.37. The van der Waals surface area contributed by atoms with Crippen LogP contribution in [0, 0.1) is 19.3 Å². The zero-order valence-electron chi connectivity index (χ0n) is 14.0. The molecule has 0 bridgehead atoms. The van der Waals surface area contributed by atoms with Gasteiger partial charge in [0, 0.05) is 44.2 Å². The molecule has 0 saturated carbocycles. The lowest BCUT2D eigenvalue weighted by atomic mass is 9.77. The second-order valence-corrected chi connectivity index (χ2v) is 6.83. The maximum atomic E-state index is 9.90. The van der Waals surface area contributed by atoms with E-state index in [4.69, 9.17) is 0 Å². The Bertz CT molecular complexity index is 476. The van der Waals surface area contributed by atoms with E-state index in [9.17, 15) is 10.2 Å². The molecule has 1 heterocycles. The summed E-state index contributed by atoms with van der Waals surface area (Å²) in [5.41, 5.74) is 3.20. The lowest BCUT2D eigenvalue weighted by Gasteiger charge is -2.44. The minimum Gasteiger partial charge on any atom is -0.508 e. The van der Waals surface area contributed by atoms with Crippen LogP contribution in [-0.2, 0) is 0 Å². The molecule has 0 unspecified atom stereocenters. The van der Waals surface area contributed by atoms with Gasteiger partial charge >= 0.3 is 0 Å². The molecule has 126 valence electrons. The fraction of sp³-hybridized carbons (Fsp3) is 0.647. The highest BCUT2D eigenvalue weighted by Crippen LogP contribution is 2.41. The van der Waals surface area contributed by atoms with Crippen molar-refractivity contribution in [2.45, 2.75) is 33.7 Å². The zero-order valence-corrected chi connectivity index (χ0v) is 14.8. The van der Waals surface area contributed by atoms with Gasteiger partial charge in [0.1, 0.15) is 5.75 Å². The van der Waals surface area contributed by atoms with Gasteiger partial charge in [0.05, 0.1) is 0 Å². The van der Waals surface area contributed by atoms with Crippen molar-refractivity contribution in [3.05, 3.63) is 28.8 Å². The highest BCUT2D eigenvalue weighted by molar-refractivity contribution is 5.85. The van der Waals surface area contributed by atoms with Crippen molar-refractivity contribution in [3.63, 3.8) is 0 Å². The average molecular weight is 329 g/mol. The summed E-state index contributed by atoms with van der Waals surface area (Å²) < 4.78 is 0. The topological polar surface area (TPSA) is 55.7 Å². The number of aryl methyl sites for hydroxylation is 2. The average Bonchev–Trinajstić information content (AvgIpc) is 2.43. The van der Waals surface area contributed by atoms with Crippen molar-refractivity contribution in [2.75, 3.05) is 32.8 Å². The number of benzene rings is 1. The summed E-state index contributed by atoms with van der Waals surface area (Å²) in [7, 11) is 0. The van der Waals surface area contributed by atoms with Crippen molar-refractivity contribution >= 4 is 12.4 Å². The Morgan fingerprint density at radius 3 is 2.14 bits per heavy atom. The number of aromatic hydroxyl groups is 1. The monoisotopic (exact) mass is 328 g/mol. The number of nitrogens with one attached hydrogen (secondary N) is 1. The maximum Gasteiger partial charge on any atom is 0.116 e. The number of aliphatic hydroxyl groups is 1. The van der Waals surface area contributed by atoms with E-state index in [1.165, 1.54) is 5.56 Å². The number of hydrogen-bond acceptors (Lipinski definition) is 4. The number of aliphatic hydroxyl groups excluding tert-OH is 1. The predicted molar refractivity (Wildman–Crippen MR) is 92.9 cm³/mol. The SMILES string of the molecule is Cc1cc(O)cc(C)c1[C@H](N1CCNCC1)C(C)(C)CO.Cl. The zero-order chi connectivity index (χ0) is 15.6. The molecular weight excluding hydrogens is 300 g/mol. The van der Waals surface area contributed by atoms with Crippen LogP contribution in [0.5, 0.6) is 5.75 Å². The van der Waals surface area contributed by atoms with Gasteiger partial charge in [-0.15, -0.1) is 12.4 Å². The summed E-state index contributed by atoms with van der Waals surface area (Å²) in [6, 6.07) is 3.81. The van der Waals surface area contributed by atoms with Crippen LogP contribution in [0.4, 0.5) is 0 Å². The van der Waals surface area contributed by atoms with E-state index >= 15 is 0 Å². The van der Waals surface area contributed by atoms with Gasteiger partial charge in [-0.05, 0) is 42.7 Å². The molecule has 1 saturated heterocycles. The van der Waals surface area contributed by atoms with Crippen LogP contribution in [0.1, 0.15) is 36.6 Å². The molecule has 1 aliphatic heterocycles. The summed E-state index contributed by atoms with van der Waals surface area (Å²) in [6.07, 6.45) is 0. The van der Waals surface area contributed by atoms with Gasteiger partial charge in [0.25, 0.3) is 0 Å². The molecule has 1 atom stereocenters. The number of phenolic OH excluding ortho intramolecular Hbond substituents is 1. The number of piperazine rings is 1. The molecule has 0 amide bonds. The molecule has 0 aromatic heterocycles. The summed E-state index contributed by atoms with van der Waals surface area (Å²) in [4.78, 5) is 2.46. The van der Waals surface area contributed by atoms with E-state index in [1.807, 2.05) is 26.0 Å². The minimum atomic E-state index is -0.232. The molecule has 1 aromatic carbocycles. The number of phenols is 1. The first-order chi connectivity index (χ1) is 9.86. The number of hydrogen-bond donors (Lipinski definition) is 3. The van der Waals surface area contributed by atoms with Crippen molar-refractivity contribution in [1.29, 1.82) is 0 Å². The van der Waals surface area contributed by atoms with Crippen LogP contribution in [0.3, 0.4) is 0 Å². The van der Waals surface area contributed by atoms with Gasteiger partial charge in [-0.3, -0.25) is 4.90 Å². The molecule has 5 heteroatoms. The Balaban J connectivity index is 0.00000242. The Morgan fingerprint density at radius 1 is 1.18 bits per heavy atom. The number of rotatable bonds is 4. The van der Waals surface area contributed by atoms with Crippen LogP contribution in [0.15, 0.2) is 12.1 Å². The van der Waals surface area contributed by atoms with E-state index < -0.39 is 0 Å². The van der Waals surface area contributed by atoms with Gasteiger partial charge in [0.2, 0.25) is 0 Å². The van der Waals surface area contributed by atoms with Crippen molar-refractivity contribution in [1.82, 2.24) is 10.2 Å². The van der Waals surface area contributed by atoms with Crippen LogP contribution in [-0.4, -0.2) is 47.9 Å². The summed E-state index contributed by atoms with van der Waals surface area (Å²) in [5.74, 6) is 0.314. The second kappa shape index (κ2) is 7.64. The van der Waals surface area contributed by atoms with E-state index in [0.717, 1.165) is 37.3 Å². The van der Waals surface area contributed by atoms with Crippen LogP contribution >= 0.6 is 12.4 Å². The van der Waals surface area contributed by atoms with Crippen molar-refractivity contribution in [3.8, 4) is 5.75 Å². The second-order valence-electron chi connectivity index (χ2n) is 6.83. The third-order valence-corrected chi connectivity index (χ3v) is 4.52. The Labute approximate surface area is 139 Å². The van der Waals surface area contributed by atoms with Gasteiger partial charge in [-0.2, -0.15) is 0 Å². The normalized spacial score (nSPS) is 17.9. The lowest BCUT2D eigenvalue weighted by Crippen LogP contribution is -2.50. The standard InChI is InChI=1S/C17H28N2O2.ClH/c1-12-9-14(21)10-13(2)15(12)16(17(3,4)11-20)19-7-5-18-6-8-19;/h9-10,16,18,20-21H,5-8,11H2,1-4H3;1H/t16-;/m0./s1. The van der Waals surface area contributed by atoms with E-state index in [2.05, 4.69) is 24.1 Å². The predicted octanol–water partition coefficient (Wildman–Crippen LogP) is 2.40. The molecular formula is C17H29ClN2O2. The molecule has 3 N–H and O–H groups in total. The number of nitrogens with zero attached hydrogens (tertiary/aromatic N) is 1. The van der Waals surface area contributed by atoms with E-state index in [-0.39, 0.29) is 30.5 Å². The Kier molecular flexibility index (Phi) is 6.68. The molecule has 1 aromatic rings. The van der Waals surface area contributed by atoms with Crippen molar-refractivity contribution < 1.29 is 10.2 Å². The molecule has 0 spiro atoms. The molecule has 1 fully saturated rings. The molecule has 4 nitrogen and oxygen atoms in total. The van der Waals surface area contributed by atoms with Crippen molar-refractivity contribution in [2.24, 2.45) is 5.41 Å². The minimum absolute atomic E-state index is 0. The van der Waals surface area contributed by atoms with E-state index in [1.54, 1.807) is 0 Å². The van der Waals surface area contributed by atoms with Crippen LogP contribution < -0.4 is 5.32 Å². The third-order valence-electron chi connectivity index (χ3n) is 4.52. The fourth-order valence-corrected chi connectivity index (χ4v) is 3.48. The Morgan fingerprint density at radius 2 is 1.68 bits per heavy atom. The molecule has 22 heavy (non-hydrogen) atoms. The first-order valence-electron chi connectivity index (χ1n) is 7.72. The first kappa shape index (κ1) is 19.2. The summed E-state index contributed by atoms with van der Waals surface area (Å²) >= 11 is 0. The van der Waals surface area contributed by atoms with Gasteiger partial charge in [-0.25, -0.2) is 0 Å². The van der Waals surface area contributed by atoms with Crippen LogP contribution in [0.25, 0.3) is 0 Å². The van der Waals surface area contributed by atoms with Gasteiger partial charge in [0.15, 0.2) is 0 Å². The summed E-state index contributed by atoms with van der Waals surface area (Å²) in [6.45, 7) is 12.4. The van der Waals surface area contributed by atoms with E-state index in [0.29, 0.717) is 5.75 Å². The Hall–Kier alpha value is -0.810. The maximum absolute atomic E-state index is 9.90. The molecule has 0 radical (unpaired) electrons. The molecule has 2 rings (SSSR count). The van der Waals surface area contributed by atoms with Gasteiger partial charge in [-0.1, -0.05) is 13.8 Å². The van der Waals surface area contributed by atoms with Crippen LogP contribution in [0.2, 0.25) is 0 Å². The van der Waals surface area contributed by atoms with Gasteiger partial charge < -0.3 is 15.5 Å². The third kappa shape index (κ3) is 3.93. The first-order valence-corrected chi connectivity index (χ1v) is 7.72. The largest absolute Gasteiger partial charge is 0.508 e. The lowest BCUT2D eigenvalue weighted by molar-refractivity contribution is 0.0298. The number of halogens is 1. The fourth-order valence-electron chi connectivity index (χ4n) is 3.48. The molecule has 0 aliphatic carbocycles. The summed E-state index contributed by atoms with van der Waals surface area (Å²) in [5, 5.41) is 23.1. The quantitative estimate of drug-likeness (QED) is 0.794. The molecule has 1 aliphatic rings.